The van der Waals surface area contributed by atoms with Crippen LogP contribution < -0.4 is 4.74 Å². The Kier molecular flexibility index (Phi) is 4.70. The minimum absolute atomic E-state index is 0.447. The van der Waals surface area contributed by atoms with Crippen LogP contribution in [0, 0.1) is 0 Å². The summed E-state index contributed by atoms with van der Waals surface area (Å²) in [7, 11) is 0. The third kappa shape index (κ3) is 3.86. The minimum Gasteiger partial charge on any atom is -0.494 e. The van der Waals surface area contributed by atoms with Gasteiger partial charge >= 0.3 is 0 Å². The first kappa shape index (κ1) is 13.7. The molecule has 0 aliphatic rings. The van der Waals surface area contributed by atoms with E-state index in [9.17, 15) is 4.39 Å². The van der Waals surface area contributed by atoms with Crippen molar-refractivity contribution >= 4 is 0 Å². The Morgan fingerprint density at radius 1 is 1.35 bits per heavy atom. The summed E-state index contributed by atoms with van der Waals surface area (Å²) >= 11 is 0. The Morgan fingerprint density at radius 3 is 2.41 bits per heavy atom. The fourth-order valence-corrected chi connectivity index (χ4v) is 1.67. The lowest BCUT2D eigenvalue weighted by atomic mass is 9.84. The molecule has 94 valence electrons. The van der Waals surface area contributed by atoms with Gasteiger partial charge < -0.3 is 9.84 Å². The summed E-state index contributed by atoms with van der Waals surface area (Å²) in [5, 5.41) is 8.70. The molecule has 0 fully saturated rings. The average Bonchev–Trinajstić information content (AvgIpc) is 2.29. The molecule has 0 aliphatic heterocycles. The second-order valence-corrected chi connectivity index (χ2v) is 4.43. The lowest BCUT2D eigenvalue weighted by molar-refractivity contribution is 0.295. The van der Waals surface area contributed by atoms with Crippen LogP contribution in [0.15, 0.2) is 36.2 Å². The fraction of sp³-hybridized carbons (Fsp3) is 0.429. The van der Waals surface area contributed by atoms with E-state index >= 15 is 0 Å². The molecule has 1 aromatic carbocycles. The largest absolute Gasteiger partial charge is 0.494 e. The minimum atomic E-state index is -0.555. The molecule has 0 aliphatic carbocycles. The van der Waals surface area contributed by atoms with E-state index in [0.29, 0.717) is 6.61 Å². The van der Waals surface area contributed by atoms with Crippen LogP contribution in [0.3, 0.4) is 0 Å². The number of rotatable bonds is 5. The number of aliphatic hydroxyl groups is 1. The summed E-state index contributed by atoms with van der Waals surface area (Å²) in [5.74, 6) is 0.294. The van der Waals surface area contributed by atoms with Crippen molar-refractivity contribution in [3.63, 3.8) is 0 Å². The van der Waals surface area contributed by atoms with Gasteiger partial charge in [0.05, 0.1) is 13.2 Å². The van der Waals surface area contributed by atoms with E-state index < -0.39 is 17.8 Å². The highest BCUT2D eigenvalue weighted by molar-refractivity contribution is 5.34. The van der Waals surface area contributed by atoms with Gasteiger partial charge in [0, 0.05) is 5.41 Å². The van der Waals surface area contributed by atoms with Gasteiger partial charge in [0.2, 0.25) is 0 Å². The van der Waals surface area contributed by atoms with Crippen LogP contribution in [0.4, 0.5) is 4.39 Å². The SMILES string of the molecule is CCOc1ccc(C(C)(C)C=C(F)CO)cc1. The highest BCUT2D eigenvalue weighted by Crippen LogP contribution is 2.28. The van der Waals surface area contributed by atoms with Gasteiger partial charge in [0.1, 0.15) is 11.6 Å². The highest BCUT2D eigenvalue weighted by atomic mass is 19.1. The molecule has 1 N–H and O–H groups in total. The smallest absolute Gasteiger partial charge is 0.122 e. The van der Waals surface area contributed by atoms with E-state index in [1.807, 2.05) is 45.0 Å². The molecule has 0 atom stereocenters. The zero-order valence-corrected chi connectivity index (χ0v) is 10.5. The molecule has 0 spiro atoms. The lowest BCUT2D eigenvalue weighted by Crippen LogP contribution is -2.14. The van der Waals surface area contributed by atoms with Crippen molar-refractivity contribution in [3.05, 3.63) is 41.7 Å². The summed E-state index contributed by atoms with van der Waals surface area (Å²) in [6, 6.07) is 7.55. The highest BCUT2D eigenvalue weighted by Gasteiger charge is 2.18. The van der Waals surface area contributed by atoms with Gasteiger partial charge in [-0.2, -0.15) is 0 Å². The lowest BCUT2D eigenvalue weighted by Gasteiger charge is -2.21. The second-order valence-electron chi connectivity index (χ2n) is 4.43. The van der Waals surface area contributed by atoms with Crippen molar-refractivity contribution in [1.82, 2.24) is 0 Å². The maximum Gasteiger partial charge on any atom is 0.122 e. The summed E-state index contributed by atoms with van der Waals surface area (Å²) in [5.41, 5.74) is 0.530. The molecule has 0 aromatic heterocycles. The Morgan fingerprint density at radius 2 is 1.94 bits per heavy atom. The van der Waals surface area contributed by atoms with Crippen molar-refractivity contribution < 1.29 is 14.2 Å². The molecule has 2 nitrogen and oxygen atoms in total. The van der Waals surface area contributed by atoms with Crippen molar-refractivity contribution in [2.45, 2.75) is 26.2 Å². The van der Waals surface area contributed by atoms with E-state index in [1.165, 1.54) is 6.08 Å². The summed E-state index contributed by atoms with van der Waals surface area (Å²) < 4.78 is 18.4. The van der Waals surface area contributed by atoms with Crippen molar-refractivity contribution in [2.24, 2.45) is 0 Å². The molecule has 1 rings (SSSR count). The standard InChI is InChI=1S/C14H19FO2/c1-4-17-13-7-5-11(6-8-13)14(2,3)9-12(15)10-16/h5-9,16H,4,10H2,1-3H3. The quantitative estimate of drug-likeness (QED) is 0.853. The number of ether oxygens (including phenoxy) is 1. The van der Waals surface area contributed by atoms with Gasteiger partial charge in [0.15, 0.2) is 0 Å². The van der Waals surface area contributed by atoms with E-state index in [4.69, 9.17) is 9.84 Å². The zero-order chi connectivity index (χ0) is 12.9. The van der Waals surface area contributed by atoms with Crippen LogP contribution in [0.1, 0.15) is 26.3 Å². The number of hydrogen-bond acceptors (Lipinski definition) is 2. The molecule has 0 amide bonds. The topological polar surface area (TPSA) is 29.5 Å². The van der Waals surface area contributed by atoms with Crippen molar-refractivity contribution in [1.29, 1.82) is 0 Å². The molecular weight excluding hydrogens is 219 g/mol. The Hall–Kier alpha value is -1.35. The molecule has 0 saturated heterocycles. The van der Waals surface area contributed by atoms with Crippen molar-refractivity contribution in [2.75, 3.05) is 13.2 Å². The molecule has 0 bridgehead atoms. The molecule has 0 radical (unpaired) electrons. The van der Waals surface area contributed by atoms with E-state index in [2.05, 4.69) is 0 Å². The van der Waals surface area contributed by atoms with Crippen LogP contribution in [0.5, 0.6) is 5.75 Å². The van der Waals surface area contributed by atoms with Gasteiger partial charge in [-0.3, -0.25) is 0 Å². The van der Waals surface area contributed by atoms with E-state index in [1.54, 1.807) is 0 Å². The summed E-state index contributed by atoms with van der Waals surface area (Å²) in [6.45, 7) is 5.80. The van der Waals surface area contributed by atoms with Crippen LogP contribution in [-0.2, 0) is 5.41 Å². The Bertz CT molecular complexity index is 380. The first-order valence-corrected chi connectivity index (χ1v) is 5.71. The third-order valence-corrected chi connectivity index (χ3v) is 2.58. The van der Waals surface area contributed by atoms with Crippen LogP contribution >= 0.6 is 0 Å². The van der Waals surface area contributed by atoms with Crippen LogP contribution in [0.2, 0.25) is 0 Å². The maximum absolute atomic E-state index is 13.1. The van der Waals surface area contributed by atoms with E-state index in [0.717, 1.165) is 11.3 Å². The predicted molar refractivity (Wildman–Crippen MR) is 66.9 cm³/mol. The Balaban J connectivity index is 2.91. The molecule has 3 heteroatoms. The predicted octanol–water partition coefficient (Wildman–Crippen LogP) is 3.21. The molecule has 17 heavy (non-hydrogen) atoms. The molecule has 1 aromatic rings. The fourth-order valence-electron chi connectivity index (χ4n) is 1.67. The molecular formula is C14H19FO2. The Labute approximate surface area is 102 Å². The normalized spacial score (nSPS) is 12.6. The molecule has 0 unspecified atom stereocenters. The number of halogens is 1. The van der Waals surface area contributed by atoms with Gasteiger partial charge in [-0.05, 0) is 30.7 Å². The van der Waals surface area contributed by atoms with Crippen molar-refractivity contribution in [3.8, 4) is 5.75 Å². The maximum atomic E-state index is 13.1. The molecule has 0 heterocycles. The number of allylic oxidation sites excluding steroid dienone is 1. The van der Waals surface area contributed by atoms with Gasteiger partial charge in [-0.15, -0.1) is 0 Å². The number of aliphatic hydroxyl groups excluding tert-OH is 1. The summed E-state index contributed by atoms with van der Waals surface area (Å²) in [6.07, 6.45) is 1.43. The van der Waals surface area contributed by atoms with Gasteiger partial charge in [-0.1, -0.05) is 26.0 Å². The zero-order valence-electron chi connectivity index (χ0n) is 10.5. The average molecular weight is 238 g/mol. The van der Waals surface area contributed by atoms with Crippen LogP contribution in [-0.4, -0.2) is 18.3 Å². The number of hydrogen-bond donors (Lipinski definition) is 1. The van der Waals surface area contributed by atoms with E-state index in [-0.39, 0.29) is 0 Å². The summed E-state index contributed by atoms with van der Waals surface area (Å²) in [4.78, 5) is 0. The first-order valence-electron chi connectivity index (χ1n) is 5.71. The monoisotopic (exact) mass is 238 g/mol. The first-order chi connectivity index (χ1) is 7.99. The van der Waals surface area contributed by atoms with Crippen LogP contribution in [0.25, 0.3) is 0 Å². The van der Waals surface area contributed by atoms with Gasteiger partial charge in [0.25, 0.3) is 0 Å². The third-order valence-electron chi connectivity index (χ3n) is 2.58. The molecule has 0 saturated carbocycles. The number of benzene rings is 1. The second kappa shape index (κ2) is 5.82. The van der Waals surface area contributed by atoms with Gasteiger partial charge in [-0.25, -0.2) is 4.39 Å².